The highest BCUT2D eigenvalue weighted by Crippen LogP contribution is 2.64. The summed E-state index contributed by atoms with van der Waals surface area (Å²) < 4.78 is 24.8. The second-order valence-corrected chi connectivity index (χ2v) is 11.7. The molecule has 1 aromatic carbocycles. The van der Waals surface area contributed by atoms with Gasteiger partial charge in [0.05, 0.1) is 11.8 Å². The number of hydrogen-bond donors (Lipinski definition) is 0. The zero-order chi connectivity index (χ0) is 22.4. The summed E-state index contributed by atoms with van der Waals surface area (Å²) >= 11 is 1.63. The second-order valence-electron chi connectivity index (χ2n) is 10.6. The van der Waals surface area contributed by atoms with Gasteiger partial charge < -0.3 is 9.47 Å². The largest absolute Gasteiger partial charge is 0.460 e. The molecule has 5 unspecified atom stereocenters. The van der Waals surface area contributed by atoms with Crippen LogP contribution in [-0.4, -0.2) is 28.9 Å². The minimum absolute atomic E-state index is 0.00439. The van der Waals surface area contributed by atoms with E-state index in [-0.39, 0.29) is 47.3 Å². The van der Waals surface area contributed by atoms with Gasteiger partial charge in [-0.1, -0.05) is 0 Å². The number of halogens is 1. The van der Waals surface area contributed by atoms with Crippen molar-refractivity contribution in [2.45, 2.75) is 71.0 Å². The number of carbonyl (C=O) groups excluding carboxylic acids is 2. The zero-order valence-corrected chi connectivity index (χ0v) is 19.8. The average molecular weight is 437 g/mol. The Bertz CT molecular complexity index is 823. The average Bonchev–Trinajstić information content (AvgIpc) is 3.14. The van der Waals surface area contributed by atoms with Crippen LogP contribution in [0.15, 0.2) is 23.1 Å². The highest BCUT2D eigenvalue weighted by atomic mass is 32.2. The van der Waals surface area contributed by atoms with Gasteiger partial charge in [-0.25, -0.2) is 4.39 Å². The summed E-state index contributed by atoms with van der Waals surface area (Å²) in [6.07, 6.45) is 0.811. The third-order valence-electron chi connectivity index (χ3n) is 5.68. The van der Waals surface area contributed by atoms with Crippen molar-refractivity contribution in [2.75, 3.05) is 5.75 Å². The van der Waals surface area contributed by atoms with Crippen LogP contribution >= 0.6 is 11.8 Å². The van der Waals surface area contributed by atoms with E-state index in [1.807, 2.05) is 47.6 Å². The Labute approximate surface area is 183 Å². The number of ether oxygens (including phenoxy) is 2. The molecule has 2 aliphatic carbocycles. The van der Waals surface area contributed by atoms with Gasteiger partial charge in [0.1, 0.15) is 17.0 Å². The van der Waals surface area contributed by atoms with Gasteiger partial charge in [-0.2, -0.15) is 0 Å². The lowest BCUT2D eigenvalue weighted by Crippen LogP contribution is -2.35. The van der Waals surface area contributed by atoms with Crippen LogP contribution < -0.4 is 0 Å². The van der Waals surface area contributed by atoms with Crippen molar-refractivity contribution in [3.63, 3.8) is 0 Å². The maximum Gasteiger partial charge on any atom is 0.310 e. The maximum atomic E-state index is 13.5. The summed E-state index contributed by atoms with van der Waals surface area (Å²) in [5.41, 5.74) is -0.495. The van der Waals surface area contributed by atoms with Crippen molar-refractivity contribution in [3.8, 4) is 0 Å². The van der Waals surface area contributed by atoms with Gasteiger partial charge in [-0.05, 0) is 96.4 Å². The lowest BCUT2D eigenvalue weighted by Gasteiger charge is -2.28. The summed E-state index contributed by atoms with van der Waals surface area (Å²) in [7, 11) is 0. The minimum atomic E-state index is -0.572. The number of benzene rings is 1. The molecular weight excluding hydrogens is 403 g/mol. The lowest BCUT2D eigenvalue weighted by atomic mass is 9.89. The molecule has 166 valence electrons. The predicted molar refractivity (Wildman–Crippen MR) is 116 cm³/mol. The van der Waals surface area contributed by atoms with E-state index in [4.69, 9.17) is 9.47 Å². The molecule has 0 aromatic heterocycles. The highest BCUT2D eigenvalue weighted by molar-refractivity contribution is 7.99. The van der Waals surface area contributed by atoms with E-state index in [0.29, 0.717) is 5.56 Å². The molecule has 3 rings (SSSR count). The number of esters is 2. The van der Waals surface area contributed by atoms with Crippen LogP contribution in [0.4, 0.5) is 4.39 Å². The molecule has 0 amide bonds. The fourth-order valence-electron chi connectivity index (χ4n) is 4.51. The Kier molecular flexibility index (Phi) is 6.30. The van der Waals surface area contributed by atoms with Gasteiger partial charge in [0.2, 0.25) is 0 Å². The third-order valence-corrected chi connectivity index (χ3v) is 6.86. The van der Waals surface area contributed by atoms with Crippen LogP contribution in [0.1, 0.15) is 53.5 Å². The Morgan fingerprint density at radius 2 is 1.60 bits per heavy atom. The Balaban J connectivity index is 1.71. The summed E-state index contributed by atoms with van der Waals surface area (Å²) in [5.74, 6) is -0.112. The third kappa shape index (κ3) is 5.37. The van der Waals surface area contributed by atoms with Gasteiger partial charge >= 0.3 is 11.9 Å². The first-order valence-electron chi connectivity index (χ1n) is 10.6. The summed E-state index contributed by atoms with van der Waals surface area (Å²) in [6.45, 7) is 12.9. The van der Waals surface area contributed by atoms with Gasteiger partial charge in [0.25, 0.3) is 0 Å². The SMILES string of the molecule is Cc1cc(SCC2CC3C(C(=O)OC(C)(C)C)C3C2C(=O)OC(C)(C)C)ccc1F. The molecule has 2 saturated carbocycles. The molecule has 0 radical (unpaired) electrons. The first kappa shape index (κ1) is 23.1. The molecule has 2 fully saturated rings. The van der Waals surface area contributed by atoms with Crippen LogP contribution in [0.5, 0.6) is 0 Å². The standard InChI is InChI=1S/C24H33FO4S/c1-13-10-15(8-9-17(13)25)30-12-14-11-16-19(18(14)21(26)28-23(2,3)4)20(16)22(27)29-24(5,6)7/h8-10,14,16,18-20H,11-12H2,1-7H3. The molecule has 30 heavy (non-hydrogen) atoms. The van der Waals surface area contributed by atoms with Crippen LogP contribution in [0.25, 0.3) is 0 Å². The van der Waals surface area contributed by atoms with Crippen LogP contribution in [0.2, 0.25) is 0 Å². The van der Waals surface area contributed by atoms with Gasteiger partial charge in [0, 0.05) is 10.6 Å². The van der Waals surface area contributed by atoms with Gasteiger partial charge in [-0.15, -0.1) is 11.8 Å². The molecule has 0 bridgehead atoms. The monoisotopic (exact) mass is 436 g/mol. The number of thioether (sulfide) groups is 1. The van der Waals surface area contributed by atoms with E-state index in [0.717, 1.165) is 17.1 Å². The van der Waals surface area contributed by atoms with E-state index in [2.05, 4.69) is 0 Å². The zero-order valence-electron chi connectivity index (χ0n) is 19.0. The maximum absolute atomic E-state index is 13.5. The molecule has 4 nitrogen and oxygen atoms in total. The summed E-state index contributed by atoms with van der Waals surface area (Å²) in [6, 6.07) is 5.09. The van der Waals surface area contributed by atoms with Gasteiger partial charge in [0.15, 0.2) is 0 Å². The Morgan fingerprint density at radius 1 is 1.03 bits per heavy atom. The van der Waals surface area contributed by atoms with Gasteiger partial charge in [-0.3, -0.25) is 9.59 Å². The Morgan fingerprint density at radius 3 is 2.13 bits per heavy atom. The van der Waals surface area contributed by atoms with Crippen LogP contribution in [0, 0.1) is 42.3 Å². The Hall–Kier alpha value is -1.56. The first-order valence-corrected chi connectivity index (χ1v) is 11.6. The van der Waals surface area contributed by atoms with E-state index in [1.165, 1.54) is 6.07 Å². The molecule has 5 atom stereocenters. The van der Waals surface area contributed by atoms with E-state index < -0.39 is 11.2 Å². The quantitative estimate of drug-likeness (QED) is 0.456. The predicted octanol–water partition coefficient (Wildman–Crippen LogP) is 5.41. The molecule has 6 heteroatoms. The molecule has 0 N–H and O–H groups in total. The summed E-state index contributed by atoms with van der Waals surface area (Å²) in [4.78, 5) is 26.7. The highest BCUT2D eigenvalue weighted by Gasteiger charge is 2.67. The number of hydrogen-bond acceptors (Lipinski definition) is 5. The normalized spacial score (nSPS) is 28.1. The van der Waals surface area contributed by atoms with Crippen molar-refractivity contribution in [1.29, 1.82) is 0 Å². The van der Waals surface area contributed by atoms with Crippen LogP contribution in [0.3, 0.4) is 0 Å². The van der Waals surface area contributed by atoms with E-state index >= 15 is 0 Å². The molecule has 0 saturated heterocycles. The number of fused-ring (bicyclic) bond motifs is 1. The van der Waals surface area contributed by atoms with Crippen molar-refractivity contribution in [1.82, 2.24) is 0 Å². The van der Waals surface area contributed by atoms with Crippen LogP contribution in [-0.2, 0) is 19.1 Å². The fraction of sp³-hybridized carbons (Fsp3) is 0.667. The first-order chi connectivity index (χ1) is 13.8. The van der Waals surface area contributed by atoms with Crippen molar-refractivity contribution >= 4 is 23.7 Å². The number of carbonyl (C=O) groups is 2. The molecule has 0 heterocycles. The fourth-order valence-corrected chi connectivity index (χ4v) is 5.68. The van der Waals surface area contributed by atoms with Crippen molar-refractivity contribution < 1.29 is 23.5 Å². The number of aryl methyl sites for hydroxylation is 1. The smallest absolute Gasteiger partial charge is 0.310 e. The van der Waals surface area contributed by atoms with E-state index in [9.17, 15) is 14.0 Å². The minimum Gasteiger partial charge on any atom is -0.460 e. The van der Waals surface area contributed by atoms with Crippen molar-refractivity contribution in [2.24, 2.45) is 29.6 Å². The lowest BCUT2D eigenvalue weighted by molar-refractivity contribution is -0.163. The van der Waals surface area contributed by atoms with Crippen molar-refractivity contribution in [3.05, 3.63) is 29.6 Å². The second kappa shape index (κ2) is 8.18. The number of rotatable bonds is 5. The topological polar surface area (TPSA) is 52.6 Å². The molecular formula is C24H33FO4S. The summed E-state index contributed by atoms with van der Waals surface area (Å²) in [5, 5.41) is 0. The molecule has 0 aliphatic heterocycles. The molecule has 0 spiro atoms. The molecule has 1 aromatic rings. The molecule has 2 aliphatic rings. The van der Waals surface area contributed by atoms with E-state index in [1.54, 1.807) is 24.8 Å².